The SMILES string of the molecule is S=P1(c2ccccc2)C(c2cccs2)=C2CCCCC2=C1c1ccc(C2=C3CCCCC3=C(c3cccs3)P2(=S)c2ccccc2)s1. The Morgan fingerprint density at radius 1 is 0.404 bits per heavy atom. The molecule has 2 aliphatic heterocycles. The molecule has 2 aliphatic carbocycles. The molecular weight excluding hydrogens is 703 g/mol. The van der Waals surface area contributed by atoms with E-state index in [4.69, 9.17) is 23.6 Å². The van der Waals surface area contributed by atoms with Crippen molar-refractivity contribution in [2.75, 3.05) is 0 Å². The second-order valence-electron chi connectivity index (χ2n) is 12.7. The fourth-order valence-electron chi connectivity index (χ4n) is 8.27. The second kappa shape index (κ2) is 12.3. The summed E-state index contributed by atoms with van der Waals surface area (Å²) in [7, 11) is 0. The highest BCUT2D eigenvalue weighted by atomic mass is 32.4. The van der Waals surface area contributed by atoms with Gasteiger partial charge in [0.25, 0.3) is 0 Å². The predicted molar refractivity (Wildman–Crippen MR) is 218 cm³/mol. The van der Waals surface area contributed by atoms with E-state index >= 15 is 0 Å². The molecule has 9 rings (SSSR count). The molecule has 5 heterocycles. The van der Waals surface area contributed by atoms with Gasteiger partial charge in [0, 0.05) is 52.8 Å². The van der Waals surface area contributed by atoms with Gasteiger partial charge in [-0.1, -0.05) is 96.4 Å². The lowest BCUT2D eigenvalue weighted by atomic mass is 9.88. The largest absolute Gasteiger partial charge is 0.144 e. The van der Waals surface area contributed by atoms with Gasteiger partial charge < -0.3 is 0 Å². The summed E-state index contributed by atoms with van der Waals surface area (Å²) in [5.74, 6) is 0. The van der Waals surface area contributed by atoms with Crippen molar-refractivity contribution < 1.29 is 0 Å². The van der Waals surface area contributed by atoms with E-state index in [1.54, 1.807) is 22.3 Å². The molecule has 2 saturated carbocycles. The van der Waals surface area contributed by atoms with Gasteiger partial charge in [0.15, 0.2) is 0 Å². The van der Waals surface area contributed by atoms with Gasteiger partial charge in [0.1, 0.15) is 0 Å². The Balaban J connectivity index is 1.26. The van der Waals surface area contributed by atoms with Gasteiger partial charge >= 0.3 is 0 Å². The summed E-state index contributed by atoms with van der Waals surface area (Å²) in [6, 6.07) is 31.6. The number of hydrogen-bond donors (Lipinski definition) is 0. The summed E-state index contributed by atoms with van der Waals surface area (Å²) in [4.78, 5) is 5.49. The van der Waals surface area contributed by atoms with Crippen LogP contribution in [0.3, 0.4) is 0 Å². The van der Waals surface area contributed by atoms with E-state index in [1.165, 1.54) is 77.1 Å². The smallest absolute Gasteiger partial charge is 0.0412 e. The van der Waals surface area contributed by atoms with Crippen molar-refractivity contribution in [3.05, 3.63) is 150 Å². The van der Waals surface area contributed by atoms with Crippen LogP contribution in [-0.4, -0.2) is 0 Å². The Kier molecular flexibility index (Phi) is 8.06. The van der Waals surface area contributed by atoms with Crippen LogP contribution >= 0.6 is 46.1 Å². The molecule has 7 heteroatoms. The van der Waals surface area contributed by atoms with Crippen molar-refractivity contribution in [3.63, 3.8) is 0 Å². The molecule has 0 spiro atoms. The zero-order chi connectivity index (χ0) is 31.6. The van der Waals surface area contributed by atoms with Crippen LogP contribution in [0.15, 0.2) is 130 Å². The minimum Gasteiger partial charge on any atom is -0.144 e. The van der Waals surface area contributed by atoms with Gasteiger partial charge in [-0.05, 0) is 119 Å². The molecule has 4 aliphatic rings. The summed E-state index contributed by atoms with van der Waals surface area (Å²) in [5.41, 5.74) is 6.24. The van der Waals surface area contributed by atoms with Gasteiger partial charge in [-0.3, -0.25) is 0 Å². The molecule has 0 N–H and O–H groups in total. The van der Waals surface area contributed by atoms with Crippen LogP contribution < -0.4 is 10.6 Å². The number of benzene rings is 2. The quantitative estimate of drug-likeness (QED) is 0.159. The van der Waals surface area contributed by atoms with Crippen LogP contribution in [0.4, 0.5) is 0 Å². The Labute approximate surface area is 300 Å². The lowest BCUT2D eigenvalue weighted by molar-refractivity contribution is 0.685. The second-order valence-corrected chi connectivity index (χ2v) is 24.3. The first kappa shape index (κ1) is 30.8. The molecule has 47 heavy (non-hydrogen) atoms. The first-order valence-electron chi connectivity index (χ1n) is 16.6. The molecule has 234 valence electrons. The maximum absolute atomic E-state index is 7.13. The van der Waals surface area contributed by atoms with Gasteiger partial charge in [-0.2, -0.15) is 0 Å². The first-order valence-corrected chi connectivity index (χ1v) is 24.7. The minimum absolute atomic E-state index is 1.13. The van der Waals surface area contributed by atoms with E-state index in [1.807, 2.05) is 34.0 Å². The first-order chi connectivity index (χ1) is 23.1. The molecule has 2 unspecified atom stereocenters. The van der Waals surface area contributed by atoms with Crippen molar-refractivity contribution in [2.24, 2.45) is 0 Å². The Morgan fingerprint density at radius 2 is 0.766 bits per heavy atom. The van der Waals surface area contributed by atoms with E-state index < -0.39 is 12.1 Å². The van der Waals surface area contributed by atoms with E-state index in [9.17, 15) is 0 Å². The summed E-state index contributed by atoms with van der Waals surface area (Å²) in [6.45, 7) is 0. The summed E-state index contributed by atoms with van der Waals surface area (Å²) >= 11 is 20.0. The van der Waals surface area contributed by atoms with Gasteiger partial charge in [0.2, 0.25) is 0 Å². The number of fused-ring (bicyclic) bond motifs is 2. The fraction of sp³-hybridized carbons (Fsp3) is 0.200. The van der Waals surface area contributed by atoms with Gasteiger partial charge in [0.05, 0.1) is 0 Å². The molecule has 0 nitrogen and oxygen atoms in total. The van der Waals surface area contributed by atoms with Crippen molar-refractivity contribution in [2.45, 2.75) is 51.4 Å². The van der Waals surface area contributed by atoms with Crippen LogP contribution in [0.2, 0.25) is 0 Å². The Hall–Kier alpha value is -2.20. The lowest BCUT2D eigenvalue weighted by Gasteiger charge is -2.25. The normalized spacial score (nSPS) is 24.3. The van der Waals surface area contributed by atoms with Crippen LogP contribution in [0, 0.1) is 0 Å². The summed E-state index contributed by atoms with van der Waals surface area (Å²) in [5, 5.41) is 13.0. The third-order valence-corrected chi connectivity index (χ3v) is 23.7. The summed E-state index contributed by atoms with van der Waals surface area (Å²) in [6.07, 6.45) is 9.50. The number of allylic oxidation sites excluding steroid dienone is 4. The lowest BCUT2D eigenvalue weighted by Crippen LogP contribution is -2.05. The van der Waals surface area contributed by atoms with Crippen molar-refractivity contribution in [1.29, 1.82) is 0 Å². The molecule has 0 radical (unpaired) electrons. The third kappa shape index (κ3) is 4.76. The highest BCUT2D eigenvalue weighted by Gasteiger charge is 2.45. The van der Waals surface area contributed by atoms with Gasteiger partial charge in [-0.15, -0.1) is 34.0 Å². The maximum Gasteiger partial charge on any atom is 0.0412 e. The third-order valence-electron chi connectivity index (χ3n) is 10.2. The van der Waals surface area contributed by atoms with E-state index in [0.717, 1.165) is 25.7 Å². The fourth-order valence-corrected chi connectivity index (χ4v) is 23.5. The molecule has 3 aromatic heterocycles. The average molecular weight is 737 g/mol. The zero-order valence-electron chi connectivity index (χ0n) is 26.0. The van der Waals surface area contributed by atoms with Crippen LogP contribution in [-0.2, 0) is 23.6 Å². The maximum atomic E-state index is 7.13. The van der Waals surface area contributed by atoms with E-state index in [-0.39, 0.29) is 0 Å². The van der Waals surface area contributed by atoms with Crippen LogP contribution in [0.5, 0.6) is 0 Å². The average Bonchev–Trinajstić information content (AvgIpc) is 3.95. The van der Waals surface area contributed by atoms with Crippen molar-refractivity contribution >= 4 is 102 Å². The molecule has 0 amide bonds. The topological polar surface area (TPSA) is 0 Å². The van der Waals surface area contributed by atoms with Gasteiger partial charge in [-0.25, -0.2) is 0 Å². The number of thiophene rings is 3. The van der Waals surface area contributed by atoms with E-state index in [2.05, 4.69) is 108 Å². The van der Waals surface area contributed by atoms with E-state index in [0.29, 0.717) is 0 Å². The highest BCUT2D eigenvalue weighted by Crippen LogP contribution is 2.79. The highest BCUT2D eigenvalue weighted by molar-refractivity contribution is 8.29. The molecule has 5 aromatic rings. The molecule has 2 atom stereocenters. The molecule has 0 saturated heterocycles. The summed E-state index contributed by atoms with van der Waals surface area (Å²) < 4.78 is 0. The standard InChI is InChI=1S/C40H34P2S5/c43-41(27-13-3-1-4-14-27)37(33-21-11-25-45-33)29-17-7-9-19-31(29)39(41)35-23-24-36(47-35)40-32-20-10-8-18-30(32)38(34-22-12-26-46-34)42(40,44)28-15-5-2-6-16-28/h1-6,11-16,21-26H,7-10,17-20H2. The molecule has 2 fully saturated rings. The zero-order valence-corrected chi connectivity index (χ0v) is 31.9. The minimum atomic E-state index is -2.28. The predicted octanol–water partition coefficient (Wildman–Crippen LogP) is 12.9. The molecule has 2 aromatic carbocycles. The number of hydrogen-bond acceptors (Lipinski definition) is 5. The van der Waals surface area contributed by atoms with Crippen LogP contribution in [0.25, 0.3) is 21.3 Å². The molecule has 0 bridgehead atoms. The van der Waals surface area contributed by atoms with Crippen LogP contribution in [0.1, 0.15) is 70.9 Å². The van der Waals surface area contributed by atoms with Crippen molar-refractivity contribution in [1.82, 2.24) is 0 Å². The molecular formula is C40H34P2S5. The Morgan fingerprint density at radius 3 is 1.11 bits per heavy atom. The Bertz CT molecular complexity index is 2070. The monoisotopic (exact) mass is 736 g/mol. The number of rotatable bonds is 6. The van der Waals surface area contributed by atoms with Crippen molar-refractivity contribution in [3.8, 4) is 0 Å².